The van der Waals surface area contributed by atoms with Crippen LogP contribution in [0.15, 0.2) is 15.8 Å². The number of aromatic nitrogens is 2. The van der Waals surface area contributed by atoms with Gasteiger partial charge in [-0.1, -0.05) is 0 Å². The van der Waals surface area contributed by atoms with Crippen molar-refractivity contribution in [2.24, 2.45) is 5.73 Å². The van der Waals surface area contributed by atoms with Crippen LogP contribution in [-0.4, -0.2) is 39.6 Å². The molecule has 9 heteroatoms. The van der Waals surface area contributed by atoms with Crippen LogP contribution < -0.4 is 17.0 Å². The summed E-state index contributed by atoms with van der Waals surface area (Å²) in [6.45, 7) is -0.0622. The van der Waals surface area contributed by atoms with Gasteiger partial charge in [0.2, 0.25) is 0 Å². The van der Waals surface area contributed by atoms with Crippen LogP contribution in [0.3, 0.4) is 0 Å². The van der Waals surface area contributed by atoms with Crippen molar-refractivity contribution in [1.29, 1.82) is 0 Å². The van der Waals surface area contributed by atoms with Crippen LogP contribution in [0, 0.1) is 3.57 Å². The second kappa shape index (κ2) is 5.07. The number of hydrogen-bond acceptors (Lipinski definition) is 5. The first kappa shape index (κ1) is 13.6. The van der Waals surface area contributed by atoms with Crippen LogP contribution in [0.4, 0.5) is 4.39 Å². The molecule has 0 aromatic carbocycles. The lowest BCUT2D eigenvalue weighted by molar-refractivity contribution is -0.0226. The Bertz CT molecular complexity index is 559. The Morgan fingerprint density at radius 3 is 2.83 bits per heavy atom. The fourth-order valence-electron chi connectivity index (χ4n) is 1.77. The van der Waals surface area contributed by atoms with E-state index in [1.165, 1.54) is 6.20 Å². The number of rotatable bonds is 2. The van der Waals surface area contributed by atoms with E-state index in [1.54, 1.807) is 22.6 Å². The Morgan fingerprint density at radius 2 is 2.28 bits per heavy atom. The summed E-state index contributed by atoms with van der Waals surface area (Å²) in [6, 6.07) is 0. The zero-order chi connectivity index (χ0) is 13.4. The van der Waals surface area contributed by atoms with Gasteiger partial charge in [0, 0.05) is 12.7 Å². The molecular formula is C9H11FIN3O4. The number of nitrogens with two attached hydrogens (primary N) is 1. The van der Waals surface area contributed by atoms with E-state index in [-0.39, 0.29) is 10.1 Å². The molecule has 1 aliphatic heterocycles. The normalized spacial score (nSPS) is 31.8. The average molecular weight is 371 g/mol. The summed E-state index contributed by atoms with van der Waals surface area (Å²) in [5.74, 6) is 0. The van der Waals surface area contributed by atoms with Gasteiger partial charge in [-0.05, 0) is 22.6 Å². The average Bonchev–Trinajstić information content (AvgIpc) is 2.61. The lowest BCUT2D eigenvalue weighted by Gasteiger charge is -2.15. The van der Waals surface area contributed by atoms with E-state index in [0.29, 0.717) is 0 Å². The van der Waals surface area contributed by atoms with Crippen LogP contribution in [-0.2, 0) is 4.74 Å². The monoisotopic (exact) mass is 371 g/mol. The fraction of sp³-hybridized carbons (Fsp3) is 0.556. The standard InChI is InChI=1S/C9H11FIN3O4/c10-5-6(15)4(1-12)18-8(5)14-2-3(11)7(16)13-9(14)17/h2,4-6,8,15H,1,12H2,(H,13,16,17)/t4-,5+,6-,8-/m1/s1. The van der Waals surface area contributed by atoms with E-state index in [9.17, 15) is 19.1 Å². The SMILES string of the molecule is NC[C@H]1O[C@@H](n2cc(I)c(=O)[nH]c2=O)[C@@H](F)[C@@H]1O. The molecule has 0 spiro atoms. The molecule has 4 atom stereocenters. The highest BCUT2D eigenvalue weighted by Crippen LogP contribution is 2.30. The highest BCUT2D eigenvalue weighted by Gasteiger charge is 2.44. The zero-order valence-corrected chi connectivity index (χ0v) is 11.2. The molecule has 1 aliphatic rings. The minimum Gasteiger partial charge on any atom is -0.387 e. The number of halogens is 2. The zero-order valence-electron chi connectivity index (χ0n) is 9.05. The van der Waals surface area contributed by atoms with Crippen LogP contribution in [0.5, 0.6) is 0 Å². The largest absolute Gasteiger partial charge is 0.387 e. The molecule has 1 aromatic heterocycles. The third-order valence-corrected chi connectivity index (χ3v) is 3.49. The van der Waals surface area contributed by atoms with Crippen molar-refractivity contribution < 1.29 is 14.2 Å². The molecule has 4 N–H and O–H groups in total. The van der Waals surface area contributed by atoms with Crippen LogP contribution in [0.1, 0.15) is 6.23 Å². The Hall–Kier alpha value is -0.780. The molecule has 2 heterocycles. The molecule has 1 saturated heterocycles. The smallest absolute Gasteiger partial charge is 0.330 e. The van der Waals surface area contributed by atoms with Gasteiger partial charge >= 0.3 is 5.69 Å². The maximum atomic E-state index is 13.8. The summed E-state index contributed by atoms with van der Waals surface area (Å²) >= 11 is 1.71. The van der Waals surface area contributed by atoms with Gasteiger partial charge in [-0.25, -0.2) is 9.18 Å². The highest BCUT2D eigenvalue weighted by molar-refractivity contribution is 14.1. The van der Waals surface area contributed by atoms with Crippen LogP contribution >= 0.6 is 22.6 Å². The van der Waals surface area contributed by atoms with Gasteiger partial charge in [0.1, 0.15) is 12.2 Å². The quantitative estimate of drug-likeness (QED) is 0.560. The molecule has 0 radical (unpaired) electrons. The van der Waals surface area contributed by atoms with Gasteiger partial charge in [0.15, 0.2) is 12.4 Å². The summed E-state index contributed by atoms with van der Waals surface area (Å²) in [5.41, 5.74) is 3.97. The fourth-order valence-corrected chi connectivity index (χ4v) is 2.21. The van der Waals surface area contributed by atoms with Gasteiger partial charge in [-0.3, -0.25) is 14.3 Å². The molecular weight excluding hydrogens is 360 g/mol. The Labute approximate surface area is 114 Å². The maximum absolute atomic E-state index is 13.8. The predicted molar refractivity (Wildman–Crippen MR) is 67.9 cm³/mol. The number of nitrogens with zero attached hydrogens (tertiary/aromatic N) is 1. The van der Waals surface area contributed by atoms with Crippen LogP contribution in [0.25, 0.3) is 0 Å². The van der Waals surface area contributed by atoms with Crippen molar-refractivity contribution in [3.05, 3.63) is 30.6 Å². The van der Waals surface area contributed by atoms with Crippen molar-refractivity contribution in [2.75, 3.05) is 6.54 Å². The summed E-state index contributed by atoms with van der Waals surface area (Å²) in [6.07, 6.45) is -4.15. The number of nitrogens with one attached hydrogen (secondary N) is 1. The van der Waals surface area contributed by atoms with Crippen LogP contribution in [0.2, 0.25) is 0 Å². The first-order valence-electron chi connectivity index (χ1n) is 5.14. The van der Waals surface area contributed by atoms with Gasteiger partial charge in [-0.15, -0.1) is 0 Å². The second-order valence-electron chi connectivity index (χ2n) is 3.88. The van der Waals surface area contributed by atoms with Crippen molar-refractivity contribution in [1.82, 2.24) is 9.55 Å². The van der Waals surface area contributed by atoms with Crippen molar-refractivity contribution in [3.8, 4) is 0 Å². The number of hydrogen-bond donors (Lipinski definition) is 3. The number of ether oxygens (including phenoxy) is 1. The molecule has 18 heavy (non-hydrogen) atoms. The Kier molecular flexibility index (Phi) is 3.84. The molecule has 0 unspecified atom stereocenters. The minimum absolute atomic E-state index is 0.0622. The molecule has 2 rings (SSSR count). The van der Waals surface area contributed by atoms with E-state index in [0.717, 1.165) is 4.57 Å². The van der Waals surface area contributed by atoms with Crippen molar-refractivity contribution >= 4 is 22.6 Å². The van der Waals surface area contributed by atoms with E-state index in [1.807, 2.05) is 4.98 Å². The van der Waals surface area contributed by atoms with Crippen molar-refractivity contribution in [2.45, 2.75) is 24.6 Å². The van der Waals surface area contributed by atoms with E-state index in [4.69, 9.17) is 10.5 Å². The second-order valence-corrected chi connectivity index (χ2v) is 5.04. The topological polar surface area (TPSA) is 110 Å². The molecule has 1 fully saturated rings. The van der Waals surface area contributed by atoms with Crippen molar-refractivity contribution in [3.63, 3.8) is 0 Å². The molecule has 100 valence electrons. The highest BCUT2D eigenvalue weighted by atomic mass is 127. The summed E-state index contributed by atoms with van der Waals surface area (Å²) < 4.78 is 20.1. The first-order valence-corrected chi connectivity index (χ1v) is 6.22. The first-order chi connectivity index (χ1) is 8.45. The predicted octanol–water partition coefficient (Wildman–Crippen LogP) is -1.30. The Morgan fingerprint density at radius 1 is 1.61 bits per heavy atom. The van der Waals surface area contributed by atoms with Gasteiger partial charge in [0.25, 0.3) is 5.56 Å². The summed E-state index contributed by atoms with van der Waals surface area (Å²) in [4.78, 5) is 24.8. The van der Waals surface area contributed by atoms with Gasteiger partial charge in [-0.2, -0.15) is 0 Å². The molecule has 0 saturated carbocycles. The number of aliphatic hydroxyl groups excluding tert-OH is 1. The van der Waals surface area contributed by atoms with E-state index < -0.39 is 35.9 Å². The molecule has 0 aliphatic carbocycles. The summed E-state index contributed by atoms with van der Waals surface area (Å²) in [7, 11) is 0. The number of alkyl halides is 1. The molecule has 7 nitrogen and oxygen atoms in total. The Balaban J connectivity index is 2.42. The third kappa shape index (κ3) is 2.22. The molecule has 1 aromatic rings. The number of aromatic amines is 1. The number of aliphatic hydroxyl groups is 1. The lowest BCUT2D eigenvalue weighted by atomic mass is 10.1. The van der Waals surface area contributed by atoms with Gasteiger partial charge in [0.05, 0.1) is 3.57 Å². The molecule has 0 amide bonds. The van der Waals surface area contributed by atoms with Gasteiger partial charge < -0.3 is 15.6 Å². The lowest BCUT2D eigenvalue weighted by Crippen LogP contribution is -2.37. The third-order valence-electron chi connectivity index (χ3n) is 2.72. The summed E-state index contributed by atoms with van der Waals surface area (Å²) in [5, 5.41) is 9.53. The number of H-pyrrole nitrogens is 1. The maximum Gasteiger partial charge on any atom is 0.330 e. The van der Waals surface area contributed by atoms with E-state index in [2.05, 4.69) is 0 Å². The van der Waals surface area contributed by atoms with E-state index >= 15 is 0 Å². The minimum atomic E-state index is -1.78. The molecule has 0 bridgehead atoms.